The first kappa shape index (κ1) is 34.1. The van der Waals surface area contributed by atoms with Gasteiger partial charge in [0.05, 0.1) is 29.5 Å². The molecule has 0 radical (unpaired) electrons. The van der Waals surface area contributed by atoms with Crippen molar-refractivity contribution in [3.05, 3.63) is 130 Å². The molecule has 5 aromatic rings. The second-order valence-electron chi connectivity index (χ2n) is 10.9. The molecule has 0 bridgehead atoms. The summed E-state index contributed by atoms with van der Waals surface area (Å²) in [5.41, 5.74) is 4.75. The van der Waals surface area contributed by atoms with Gasteiger partial charge in [-0.05, 0) is 67.1 Å². The summed E-state index contributed by atoms with van der Waals surface area (Å²) in [5, 5.41) is 4.21. The van der Waals surface area contributed by atoms with Crippen LogP contribution >= 0.6 is 23.2 Å². The molecule has 0 aliphatic heterocycles. The number of nitrogens with zero attached hydrogens (tertiary/aromatic N) is 4. The first-order valence-electron chi connectivity index (χ1n) is 15.1. The Balaban J connectivity index is 1.18. The lowest BCUT2D eigenvalue weighted by molar-refractivity contribution is -0.122. The number of likely N-dealkylation sites (N-methyl/N-ethyl adjacent to an activating group) is 1. The third kappa shape index (κ3) is 8.36. The minimum absolute atomic E-state index is 0.0573. The Labute approximate surface area is 288 Å². The van der Waals surface area contributed by atoms with Gasteiger partial charge in [0.2, 0.25) is 17.7 Å². The lowest BCUT2D eigenvalue weighted by Crippen LogP contribution is -2.37. The molecule has 3 aromatic carbocycles. The van der Waals surface area contributed by atoms with Gasteiger partial charge in [0.1, 0.15) is 17.9 Å². The summed E-state index contributed by atoms with van der Waals surface area (Å²) in [5.74, 6) is -0.362. The molecular weight excluding hydrogens is 649 g/mol. The van der Waals surface area contributed by atoms with Crippen LogP contribution in [0.2, 0.25) is 10.0 Å². The van der Waals surface area contributed by atoms with Gasteiger partial charge in [0.25, 0.3) is 0 Å². The zero-order chi connectivity index (χ0) is 34.2. The smallest absolute Gasteiger partial charge is 0.246 e. The van der Waals surface area contributed by atoms with E-state index in [0.29, 0.717) is 34.3 Å². The van der Waals surface area contributed by atoms with Gasteiger partial charge in [-0.3, -0.25) is 19.4 Å². The molecule has 9 nitrogen and oxygen atoms in total. The molecule has 0 saturated heterocycles. The number of aryl methyl sites for hydroxylation is 1. The fourth-order valence-electron chi connectivity index (χ4n) is 4.91. The van der Waals surface area contributed by atoms with Crippen molar-refractivity contribution in [3.63, 3.8) is 0 Å². The van der Waals surface area contributed by atoms with Crippen LogP contribution in [0.25, 0.3) is 17.0 Å². The molecule has 0 aliphatic rings. The van der Waals surface area contributed by atoms with E-state index in [4.69, 9.17) is 27.9 Å². The van der Waals surface area contributed by atoms with Crippen molar-refractivity contribution < 1.29 is 19.1 Å². The van der Waals surface area contributed by atoms with E-state index in [9.17, 15) is 14.4 Å². The number of fused-ring (bicyclic) bond motifs is 1. The number of amides is 3. The van der Waals surface area contributed by atoms with Crippen LogP contribution in [0, 0.1) is 6.92 Å². The zero-order valence-corrected chi connectivity index (χ0v) is 28.1. The number of hydrogen-bond acceptors (Lipinski definition) is 6. The van der Waals surface area contributed by atoms with Crippen LogP contribution in [0.4, 0.5) is 11.4 Å². The van der Waals surface area contributed by atoms with Crippen LogP contribution in [0.3, 0.4) is 0 Å². The molecule has 2 aromatic heterocycles. The lowest BCUT2D eigenvalue weighted by Gasteiger charge is -2.21. The Bertz CT molecular complexity index is 1980. The topological polar surface area (TPSA) is 105 Å². The molecule has 2 heterocycles. The van der Waals surface area contributed by atoms with Gasteiger partial charge in [-0.25, -0.2) is 4.98 Å². The Kier molecular flexibility index (Phi) is 11.1. The number of ether oxygens (including phenoxy) is 1. The number of anilines is 2. The fraction of sp³-hybridized carbons (Fsp3) is 0.162. The van der Waals surface area contributed by atoms with Crippen LogP contribution in [0.15, 0.2) is 97.2 Å². The highest BCUT2D eigenvalue weighted by atomic mass is 35.5. The lowest BCUT2D eigenvalue weighted by atomic mass is 10.1. The summed E-state index contributed by atoms with van der Waals surface area (Å²) in [7, 11) is 1.57. The van der Waals surface area contributed by atoms with Crippen molar-refractivity contribution in [3.8, 4) is 5.75 Å². The molecule has 0 atom stereocenters. The molecule has 48 heavy (non-hydrogen) atoms. The minimum Gasteiger partial charge on any atom is -0.487 e. The molecule has 0 saturated carbocycles. The highest BCUT2D eigenvalue weighted by Gasteiger charge is 2.19. The number of carbonyl (C=O) groups excluding carboxylic acids is 3. The quantitative estimate of drug-likeness (QED) is 0.148. The van der Waals surface area contributed by atoms with E-state index in [2.05, 4.69) is 15.3 Å². The van der Waals surface area contributed by atoms with Crippen molar-refractivity contribution in [1.82, 2.24) is 15.3 Å². The van der Waals surface area contributed by atoms with E-state index in [1.807, 2.05) is 55.5 Å². The predicted octanol–water partition coefficient (Wildman–Crippen LogP) is 7.17. The highest BCUT2D eigenvalue weighted by Crippen LogP contribution is 2.35. The number of pyridine rings is 2. The maximum absolute atomic E-state index is 13.0. The molecular formula is C37H33Cl2N5O4. The number of carbonyl (C=O) groups is 3. The number of benzene rings is 3. The highest BCUT2D eigenvalue weighted by molar-refractivity contribution is 6.38. The molecule has 11 heteroatoms. The van der Waals surface area contributed by atoms with Crippen molar-refractivity contribution in [1.29, 1.82) is 0 Å². The number of rotatable bonds is 11. The molecule has 0 spiro atoms. The first-order valence-corrected chi connectivity index (χ1v) is 15.8. The molecule has 0 unspecified atom stereocenters. The standard InChI is InChI=1S/C37H33Cl2N5O4/c1-24-10-14-27-7-6-9-33(37(27)42-24)48-23-30-31(38)17-18-32(36(30)39)43(3)35(47)21-41-34(46)19-13-26-11-15-29(16-12-26)44(25(2)45)22-28-8-4-5-20-40-28/h4-20H,21-23H2,1-3H3,(H,41,46). The van der Waals surface area contributed by atoms with Crippen molar-refractivity contribution in [2.24, 2.45) is 0 Å². The van der Waals surface area contributed by atoms with Gasteiger partial charge < -0.3 is 19.9 Å². The number of nitrogens with one attached hydrogen (secondary N) is 1. The van der Waals surface area contributed by atoms with Gasteiger partial charge in [-0.1, -0.05) is 59.6 Å². The van der Waals surface area contributed by atoms with E-state index < -0.39 is 5.91 Å². The average Bonchev–Trinajstić information content (AvgIpc) is 3.09. The molecule has 244 valence electrons. The third-order valence-electron chi connectivity index (χ3n) is 7.57. The molecule has 0 aliphatic carbocycles. The molecule has 5 rings (SSSR count). The van der Waals surface area contributed by atoms with E-state index in [-0.39, 0.29) is 30.0 Å². The van der Waals surface area contributed by atoms with Gasteiger partial charge in [0.15, 0.2) is 0 Å². The van der Waals surface area contributed by atoms with Gasteiger partial charge in [-0.15, -0.1) is 0 Å². The summed E-state index contributed by atoms with van der Waals surface area (Å²) in [6, 6.07) is 25.6. The maximum atomic E-state index is 13.0. The summed E-state index contributed by atoms with van der Waals surface area (Å²) in [4.78, 5) is 49.7. The van der Waals surface area contributed by atoms with Crippen LogP contribution in [0.5, 0.6) is 5.75 Å². The van der Waals surface area contributed by atoms with Crippen molar-refractivity contribution in [2.75, 3.05) is 23.4 Å². The molecule has 1 N–H and O–H groups in total. The van der Waals surface area contributed by atoms with Crippen LogP contribution in [0.1, 0.15) is 29.4 Å². The van der Waals surface area contributed by atoms with Crippen LogP contribution < -0.4 is 19.9 Å². The molecule has 3 amide bonds. The Morgan fingerprint density at radius 3 is 2.46 bits per heavy atom. The Morgan fingerprint density at radius 2 is 1.73 bits per heavy atom. The van der Waals surface area contributed by atoms with Gasteiger partial charge in [0, 0.05) is 53.6 Å². The predicted molar refractivity (Wildman–Crippen MR) is 190 cm³/mol. The number of halogens is 2. The summed E-state index contributed by atoms with van der Waals surface area (Å²) < 4.78 is 6.09. The molecule has 0 fully saturated rings. The van der Waals surface area contributed by atoms with E-state index in [1.165, 1.54) is 17.9 Å². The van der Waals surface area contributed by atoms with Gasteiger partial charge in [-0.2, -0.15) is 0 Å². The normalized spacial score (nSPS) is 11.0. The second kappa shape index (κ2) is 15.6. The Morgan fingerprint density at radius 1 is 0.938 bits per heavy atom. The fourth-order valence-corrected chi connectivity index (χ4v) is 5.52. The monoisotopic (exact) mass is 681 g/mol. The summed E-state index contributed by atoms with van der Waals surface area (Å²) in [6.07, 6.45) is 4.65. The van der Waals surface area contributed by atoms with Crippen LogP contribution in [-0.2, 0) is 27.5 Å². The Hall–Kier alpha value is -5.25. The summed E-state index contributed by atoms with van der Waals surface area (Å²) in [6.45, 7) is 3.55. The maximum Gasteiger partial charge on any atom is 0.246 e. The average molecular weight is 683 g/mol. The first-order chi connectivity index (χ1) is 23.1. The van der Waals surface area contributed by atoms with E-state index >= 15 is 0 Å². The van der Waals surface area contributed by atoms with Crippen molar-refractivity contribution in [2.45, 2.75) is 27.0 Å². The third-order valence-corrected chi connectivity index (χ3v) is 8.34. The van der Waals surface area contributed by atoms with E-state index in [1.54, 1.807) is 60.6 Å². The van der Waals surface area contributed by atoms with Gasteiger partial charge >= 0.3 is 0 Å². The number of para-hydroxylation sites is 1. The largest absolute Gasteiger partial charge is 0.487 e. The van der Waals surface area contributed by atoms with Crippen LogP contribution in [-0.4, -0.2) is 41.3 Å². The summed E-state index contributed by atoms with van der Waals surface area (Å²) >= 11 is 13.2. The van der Waals surface area contributed by atoms with E-state index in [0.717, 1.165) is 27.9 Å². The SMILES string of the molecule is CC(=O)N(Cc1ccccn1)c1ccc(C=CC(=O)NCC(=O)N(C)c2ccc(Cl)c(COc3cccc4ccc(C)nc34)c2Cl)cc1. The van der Waals surface area contributed by atoms with Crippen molar-refractivity contribution >= 4 is 69.3 Å². The number of aromatic nitrogens is 2. The number of hydrogen-bond donors (Lipinski definition) is 1. The minimum atomic E-state index is -0.448. The zero-order valence-electron chi connectivity index (χ0n) is 26.6. The second-order valence-corrected chi connectivity index (χ2v) is 11.7.